The average molecular weight is 390 g/mol. The Morgan fingerprint density at radius 1 is 0.929 bits per heavy atom. The van der Waals surface area contributed by atoms with Gasteiger partial charge in [0.25, 0.3) is 0 Å². The van der Waals surface area contributed by atoms with Crippen molar-refractivity contribution in [3.63, 3.8) is 0 Å². The molecule has 1 saturated carbocycles. The summed E-state index contributed by atoms with van der Waals surface area (Å²) in [5, 5.41) is 0. The molecule has 1 aliphatic carbocycles. The summed E-state index contributed by atoms with van der Waals surface area (Å²) in [6.45, 7) is 18.4. The first kappa shape index (κ1) is 20.7. The molecule has 4 heteroatoms. The molecule has 28 heavy (non-hydrogen) atoms. The van der Waals surface area contributed by atoms with Gasteiger partial charge in [-0.25, -0.2) is 0 Å². The Balaban J connectivity index is 1.20. The van der Waals surface area contributed by atoms with Crippen LogP contribution < -0.4 is 0 Å². The minimum Gasteiger partial charge on any atom is -0.341 e. The quantitative estimate of drug-likeness (QED) is 0.733. The molecule has 0 aromatic rings. The molecule has 1 spiro atoms. The van der Waals surface area contributed by atoms with Gasteiger partial charge in [-0.1, -0.05) is 34.6 Å². The van der Waals surface area contributed by atoms with E-state index in [0.29, 0.717) is 22.8 Å². The summed E-state index contributed by atoms with van der Waals surface area (Å²) in [6.07, 6.45) is 8.03. The van der Waals surface area contributed by atoms with Gasteiger partial charge in [0.05, 0.1) is 0 Å². The zero-order valence-corrected chi connectivity index (χ0v) is 19.0. The van der Waals surface area contributed by atoms with Crippen LogP contribution in [0.2, 0.25) is 0 Å². The second-order valence-corrected chi connectivity index (χ2v) is 11.9. The molecular weight excluding hydrogens is 346 g/mol. The first-order valence-corrected chi connectivity index (χ1v) is 11.9. The normalized spacial score (nSPS) is 30.5. The molecule has 1 amide bonds. The summed E-state index contributed by atoms with van der Waals surface area (Å²) in [5.41, 5.74) is 1.19. The Morgan fingerprint density at radius 3 is 2.14 bits per heavy atom. The minimum absolute atomic E-state index is 0.132. The number of carbonyl (C=O) groups is 1. The van der Waals surface area contributed by atoms with Crippen molar-refractivity contribution in [2.45, 2.75) is 85.2 Å². The first-order chi connectivity index (χ1) is 13.2. The van der Waals surface area contributed by atoms with Gasteiger partial charge in [0, 0.05) is 44.2 Å². The number of likely N-dealkylation sites (tertiary alicyclic amines) is 3. The lowest BCUT2D eigenvalue weighted by molar-refractivity contribution is -0.144. The van der Waals surface area contributed by atoms with Gasteiger partial charge in [-0.2, -0.15) is 0 Å². The van der Waals surface area contributed by atoms with Crippen molar-refractivity contribution < 1.29 is 4.79 Å². The minimum atomic E-state index is 0.132. The molecule has 3 saturated heterocycles. The molecule has 160 valence electrons. The standard InChI is InChI=1S/C24H43N3O/c1-18(2)22(28)26-10-6-7-21(15-26)25-11-8-20(9-12-25)27-16-24(17-27)13-19(14-24)23(3,4)5/h18-21H,6-17H2,1-5H3. The van der Waals surface area contributed by atoms with Crippen LogP contribution in [0.3, 0.4) is 0 Å². The van der Waals surface area contributed by atoms with Crippen molar-refractivity contribution in [1.29, 1.82) is 0 Å². The molecular formula is C24H43N3O. The maximum atomic E-state index is 12.4. The molecule has 4 fully saturated rings. The number of hydrogen-bond donors (Lipinski definition) is 0. The summed E-state index contributed by atoms with van der Waals surface area (Å²) in [5.74, 6) is 1.42. The third-order valence-corrected chi connectivity index (χ3v) is 8.39. The topological polar surface area (TPSA) is 26.8 Å². The number of piperidine rings is 2. The van der Waals surface area contributed by atoms with Crippen molar-refractivity contribution in [2.24, 2.45) is 22.7 Å². The zero-order valence-electron chi connectivity index (χ0n) is 19.0. The highest BCUT2D eigenvalue weighted by atomic mass is 16.2. The predicted octanol–water partition coefficient (Wildman–Crippen LogP) is 3.86. The second-order valence-electron chi connectivity index (χ2n) is 11.9. The number of hydrogen-bond acceptors (Lipinski definition) is 3. The van der Waals surface area contributed by atoms with E-state index in [1.54, 1.807) is 0 Å². The largest absolute Gasteiger partial charge is 0.341 e. The summed E-state index contributed by atoms with van der Waals surface area (Å²) >= 11 is 0. The Kier molecular flexibility index (Phi) is 5.59. The lowest BCUT2D eigenvalue weighted by Crippen LogP contribution is -2.67. The van der Waals surface area contributed by atoms with E-state index in [9.17, 15) is 4.79 Å². The van der Waals surface area contributed by atoms with Gasteiger partial charge >= 0.3 is 0 Å². The van der Waals surface area contributed by atoms with Crippen LogP contribution in [0.15, 0.2) is 0 Å². The molecule has 4 rings (SSSR count). The first-order valence-electron chi connectivity index (χ1n) is 11.9. The molecule has 0 N–H and O–H groups in total. The van der Waals surface area contributed by atoms with Crippen LogP contribution in [-0.4, -0.2) is 72.0 Å². The smallest absolute Gasteiger partial charge is 0.225 e. The van der Waals surface area contributed by atoms with Gasteiger partial charge in [-0.3, -0.25) is 14.6 Å². The number of carbonyl (C=O) groups excluding carboxylic acids is 1. The SMILES string of the molecule is CC(C)C(=O)N1CCCC(N2CCC(N3CC4(CC(C(C)(C)C)C4)C3)CC2)C1. The Bertz CT molecular complexity index is 559. The number of rotatable bonds is 3. The Labute approximate surface area is 173 Å². The molecule has 0 aromatic heterocycles. The Hall–Kier alpha value is -0.610. The average Bonchev–Trinajstić information content (AvgIpc) is 2.58. The maximum absolute atomic E-state index is 12.4. The van der Waals surface area contributed by atoms with E-state index < -0.39 is 0 Å². The van der Waals surface area contributed by atoms with Crippen LogP contribution in [0.4, 0.5) is 0 Å². The summed E-state index contributed by atoms with van der Waals surface area (Å²) in [6, 6.07) is 1.41. The van der Waals surface area contributed by atoms with E-state index in [2.05, 4.69) is 35.5 Å². The monoisotopic (exact) mass is 389 g/mol. The molecule has 3 heterocycles. The molecule has 3 aliphatic heterocycles. The van der Waals surface area contributed by atoms with Crippen LogP contribution in [-0.2, 0) is 4.79 Å². The third kappa shape index (κ3) is 4.01. The number of nitrogens with zero attached hydrogens (tertiary/aromatic N) is 3. The van der Waals surface area contributed by atoms with E-state index in [-0.39, 0.29) is 5.92 Å². The predicted molar refractivity (Wildman–Crippen MR) is 115 cm³/mol. The van der Waals surface area contributed by atoms with E-state index in [1.165, 1.54) is 64.7 Å². The molecule has 1 unspecified atom stereocenters. The van der Waals surface area contributed by atoms with Crippen LogP contribution in [0.1, 0.15) is 73.1 Å². The van der Waals surface area contributed by atoms with Crippen LogP contribution in [0.25, 0.3) is 0 Å². The molecule has 0 aromatic carbocycles. The van der Waals surface area contributed by atoms with Crippen LogP contribution >= 0.6 is 0 Å². The van der Waals surface area contributed by atoms with E-state index in [1.807, 2.05) is 13.8 Å². The van der Waals surface area contributed by atoms with Gasteiger partial charge in [0.15, 0.2) is 0 Å². The Morgan fingerprint density at radius 2 is 1.57 bits per heavy atom. The summed E-state index contributed by atoms with van der Waals surface area (Å²) in [7, 11) is 0. The van der Waals surface area contributed by atoms with Crippen LogP contribution in [0, 0.1) is 22.7 Å². The van der Waals surface area contributed by atoms with Gasteiger partial charge in [-0.05, 0) is 68.4 Å². The number of amides is 1. The highest BCUT2D eigenvalue weighted by Gasteiger charge is 2.55. The molecule has 4 aliphatic rings. The lowest BCUT2D eigenvalue weighted by atomic mass is 9.51. The fourth-order valence-corrected chi connectivity index (χ4v) is 6.36. The third-order valence-electron chi connectivity index (χ3n) is 8.39. The zero-order chi connectivity index (χ0) is 20.1. The van der Waals surface area contributed by atoms with Gasteiger partial charge in [0.2, 0.25) is 5.91 Å². The molecule has 1 atom stereocenters. The van der Waals surface area contributed by atoms with E-state index >= 15 is 0 Å². The van der Waals surface area contributed by atoms with Crippen molar-refractivity contribution in [3.05, 3.63) is 0 Å². The molecule has 0 radical (unpaired) electrons. The van der Waals surface area contributed by atoms with Crippen molar-refractivity contribution >= 4 is 5.91 Å². The highest BCUT2D eigenvalue weighted by Crippen LogP contribution is 2.58. The van der Waals surface area contributed by atoms with Gasteiger partial charge in [0.1, 0.15) is 0 Å². The second kappa shape index (κ2) is 7.58. The molecule has 4 nitrogen and oxygen atoms in total. The van der Waals surface area contributed by atoms with Crippen molar-refractivity contribution in [2.75, 3.05) is 39.3 Å². The fourth-order valence-electron chi connectivity index (χ4n) is 6.36. The maximum Gasteiger partial charge on any atom is 0.225 e. The van der Waals surface area contributed by atoms with E-state index in [4.69, 9.17) is 0 Å². The highest BCUT2D eigenvalue weighted by molar-refractivity contribution is 5.78. The van der Waals surface area contributed by atoms with Crippen molar-refractivity contribution in [3.8, 4) is 0 Å². The lowest BCUT2D eigenvalue weighted by Gasteiger charge is -2.64. The molecule has 0 bridgehead atoms. The van der Waals surface area contributed by atoms with Crippen molar-refractivity contribution in [1.82, 2.24) is 14.7 Å². The summed E-state index contributed by atoms with van der Waals surface area (Å²) in [4.78, 5) is 20.0. The fraction of sp³-hybridized carbons (Fsp3) is 0.958. The van der Waals surface area contributed by atoms with Gasteiger partial charge < -0.3 is 4.90 Å². The van der Waals surface area contributed by atoms with Gasteiger partial charge in [-0.15, -0.1) is 0 Å². The van der Waals surface area contributed by atoms with Crippen LogP contribution in [0.5, 0.6) is 0 Å². The van der Waals surface area contributed by atoms with E-state index in [0.717, 1.165) is 25.0 Å². The summed E-state index contributed by atoms with van der Waals surface area (Å²) < 4.78 is 0.